The van der Waals surface area contributed by atoms with E-state index >= 15 is 0 Å². The van der Waals surface area contributed by atoms with Gasteiger partial charge in [0.1, 0.15) is 11.0 Å². The summed E-state index contributed by atoms with van der Waals surface area (Å²) in [6.07, 6.45) is -3.66. The summed E-state index contributed by atoms with van der Waals surface area (Å²) >= 11 is 0.937. The maximum Gasteiger partial charge on any atom is 0.418 e. The molecule has 0 aliphatic carbocycles. The Morgan fingerprint density at radius 3 is 2.63 bits per heavy atom. The number of alkyl halides is 3. The number of rotatable bonds is 5. The molecule has 0 spiro atoms. The Kier molecular flexibility index (Phi) is 6.40. The summed E-state index contributed by atoms with van der Waals surface area (Å²) in [5.41, 5.74) is -0.919. The molecule has 1 aliphatic heterocycles. The first-order chi connectivity index (χ1) is 14.2. The summed E-state index contributed by atoms with van der Waals surface area (Å²) in [5, 5.41) is 21.2. The molecule has 2 aromatic carbocycles. The topological polar surface area (TPSA) is 103 Å². The molecule has 1 atom stereocenters. The standard InChI is InChI=1S/C19H15F3N4O3S/c20-19(21,22)12-6-2-3-7-13(12)24-16(28)9-15-17(29)25-18(30-15)26-23-10-11-5-1-4-8-14(11)27/h1-8,10,15,27H,9H2,(H,24,28)(H,25,26,29)/b23-10-/t15-/m1/s1. The number of amides is 2. The maximum atomic E-state index is 13.0. The number of amidine groups is 1. The van der Waals surface area contributed by atoms with Crippen molar-refractivity contribution in [1.29, 1.82) is 0 Å². The lowest BCUT2D eigenvalue weighted by atomic mass is 10.1. The first-order valence-electron chi connectivity index (χ1n) is 8.56. The Balaban J connectivity index is 1.61. The van der Waals surface area contributed by atoms with E-state index in [9.17, 15) is 27.9 Å². The van der Waals surface area contributed by atoms with Gasteiger partial charge in [0.05, 0.1) is 17.5 Å². The van der Waals surface area contributed by atoms with Gasteiger partial charge in [0.15, 0.2) is 5.17 Å². The predicted octanol–water partition coefficient (Wildman–Crippen LogP) is 3.36. The average Bonchev–Trinajstić information content (AvgIpc) is 3.02. The molecule has 0 bridgehead atoms. The van der Waals surface area contributed by atoms with Crippen molar-refractivity contribution in [3.63, 3.8) is 0 Å². The monoisotopic (exact) mass is 436 g/mol. The molecule has 1 heterocycles. The molecule has 1 saturated heterocycles. The number of hydrogen-bond donors (Lipinski definition) is 3. The van der Waals surface area contributed by atoms with Crippen molar-refractivity contribution in [2.24, 2.45) is 10.2 Å². The summed E-state index contributed by atoms with van der Waals surface area (Å²) < 4.78 is 39.1. The number of aromatic hydroxyl groups is 1. The number of hydrogen-bond acceptors (Lipinski definition) is 6. The van der Waals surface area contributed by atoms with Crippen LogP contribution >= 0.6 is 11.8 Å². The molecule has 2 amide bonds. The number of nitrogens with zero attached hydrogens (tertiary/aromatic N) is 2. The van der Waals surface area contributed by atoms with Crippen LogP contribution in [0.3, 0.4) is 0 Å². The van der Waals surface area contributed by atoms with E-state index in [0.29, 0.717) is 5.56 Å². The van der Waals surface area contributed by atoms with Gasteiger partial charge >= 0.3 is 6.18 Å². The zero-order valence-corrected chi connectivity index (χ0v) is 16.0. The van der Waals surface area contributed by atoms with Crippen LogP contribution in [-0.2, 0) is 15.8 Å². The van der Waals surface area contributed by atoms with Crippen molar-refractivity contribution in [2.45, 2.75) is 17.8 Å². The average molecular weight is 436 g/mol. The van der Waals surface area contributed by atoms with Gasteiger partial charge in [-0.15, -0.1) is 5.10 Å². The Morgan fingerprint density at radius 1 is 1.20 bits per heavy atom. The molecular formula is C19H15F3N4O3S. The van der Waals surface area contributed by atoms with Crippen LogP contribution in [0, 0.1) is 0 Å². The molecule has 1 fully saturated rings. The smallest absolute Gasteiger partial charge is 0.418 e. The molecule has 7 nitrogen and oxygen atoms in total. The maximum absolute atomic E-state index is 13.0. The summed E-state index contributed by atoms with van der Waals surface area (Å²) in [7, 11) is 0. The fourth-order valence-corrected chi connectivity index (χ4v) is 3.46. The minimum atomic E-state index is -4.62. The minimum absolute atomic E-state index is 0.0123. The fraction of sp³-hybridized carbons (Fsp3) is 0.158. The van der Waals surface area contributed by atoms with Crippen molar-refractivity contribution in [3.05, 3.63) is 59.7 Å². The van der Waals surface area contributed by atoms with E-state index in [1.807, 2.05) is 0 Å². The van der Waals surface area contributed by atoms with Gasteiger partial charge in [-0.2, -0.15) is 18.3 Å². The number of nitrogens with one attached hydrogen (secondary N) is 2. The molecule has 1 aliphatic rings. The number of carbonyl (C=O) groups is 2. The summed E-state index contributed by atoms with van der Waals surface area (Å²) in [4.78, 5) is 24.2. The SMILES string of the molecule is O=C(C[C@H]1S/C(=N/N=C\c2ccccc2O)NC1=O)Nc1ccccc1C(F)(F)F. The third-order valence-electron chi connectivity index (χ3n) is 3.94. The highest BCUT2D eigenvalue weighted by atomic mass is 32.2. The number of para-hydroxylation sites is 2. The molecule has 3 N–H and O–H groups in total. The second-order valence-corrected chi connectivity index (χ2v) is 7.29. The minimum Gasteiger partial charge on any atom is -0.507 e. The zero-order valence-electron chi connectivity index (χ0n) is 15.2. The summed E-state index contributed by atoms with van der Waals surface area (Å²) in [6, 6.07) is 11.0. The first-order valence-corrected chi connectivity index (χ1v) is 9.44. The van der Waals surface area contributed by atoms with Crippen LogP contribution in [-0.4, -0.2) is 33.6 Å². The van der Waals surface area contributed by atoms with E-state index in [1.165, 1.54) is 24.4 Å². The van der Waals surface area contributed by atoms with Gasteiger partial charge in [-0.05, 0) is 24.3 Å². The third-order valence-corrected chi connectivity index (χ3v) is 5.01. The van der Waals surface area contributed by atoms with E-state index in [1.54, 1.807) is 18.2 Å². The second-order valence-electron chi connectivity index (χ2n) is 6.10. The van der Waals surface area contributed by atoms with E-state index in [-0.39, 0.29) is 23.0 Å². The van der Waals surface area contributed by atoms with Gasteiger partial charge in [0.2, 0.25) is 11.8 Å². The Bertz CT molecular complexity index is 1020. The van der Waals surface area contributed by atoms with Gasteiger partial charge in [-0.1, -0.05) is 36.0 Å². The van der Waals surface area contributed by atoms with Gasteiger partial charge < -0.3 is 15.7 Å². The molecule has 0 aromatic heterocycles. The molecule has 0 unspecified atom stereocenters. The van der Waals surface area contributed by atoms with Gasteiger partial charge in [-0.3, -0.25) is 9.59 Å². The number of phenolic OH excluding ortho intramolecular Hbond substituents is 1. The Labute approximate surface area is 173 Å². The molecule has 2 aromatic rings. The lowest BCUT2D eigenvalue weighted by Gasteiger charge is -2.14. The first kappa shape index (κ1) is 21.4. The number of carbonyl (C=O) groups excluding carboxylic acids is 2. The number of halogens is 3. The van der Waals surface area contributed by atoms with E-state index < -0.39 is 28.8 Å². The van der Waals surface area contributed by atoms with Crippen LogP contribution in [0.1, 0.15) is 17.5 Å². The second kappa shape index (κ2) is 8.99. The van der Waals surface area contributed by atoms with Crippen molar-refractivity contribution in [2.75, 3.05) is 5.32 Å². The Morgan fingerprint density at radius 2 is 1.90 bits per heavy atom. The molecule has 30 heavy (non-hydrogen) atoms. The van der Waals surface area contributed by atoms with Crippen LogP contribution in [0.15, 0.2) is 58.7 Å². The zero-order chi connectivity index (χ0) is 21.7. The van der Waals surface area contributed by atoms with Crippen LogP contribution in [0.2, 0.25) is 0 Å². The summed E-state index contributed by atoms with van der Waals surface area (Å²) in [5.74, 6) is -1.23. The normalized spacial score (nSPS) is 18.0. The van der Waals surface area contributed by atoms with Gasteiger partial charge in [-0.25, -0.2) is 0 Å². The predicted molar refractivity (Wildman–Crippen MR) is 107 cm³/mol. The number of benzene rings is 2. The third kappa shape index (κ3) is 5.38. The highest BCUT2D eigenvalue weighted by Crippen LogP contribution is 2.34. The molecule has 156 valence electrons. The summed E-state index contributed by atoms with van der Waals surface area (Å²) in [6.45, 7) is 0. The number of thioether (sulfide) groups is 1. The Hall–Kier alpha value is -3.34. The van der Waals surface area contributed by atoms with Crippen molar-refractivity contribution >= 4 is 40.6 Å². The highest BCUT2D eigenvalue weighted by molar-refractivity contribution is 8.15. The van der Waals surface area contributed by atoms with Crippen LogP contribution in [0.5, 0.6) is 5.75 Å². The lowest BCUT2D eigenvalue weighted by molar-refractivity contribution is -0.137. The molecule has 0 radical (unpaired) electrons. The van der Waals surface area contributed by atoms with E-state index in [4.69, 9.17) is 0 Å². The van der Waals surface area contributed by atoms with E-state index in [0.717, 1.165) is 23.9 Å². The van der Waals surface area contributed by atoms with Gasteiger partial charge in [0, 0.05) is 12.0 Å². The molecular weight excluding hydrogens is 421 g/mol. The number of phenols is 1. The van der Waals surface area contributed by atoms with Crippen molar-refractivity contribution in [1.82, 2.24) is 5.32 Å². The largest absolute Gasteiger partial charge is 0.507 e. The van der Waals surface area contributed by atoms with Gasteiger partial charge in [0.25, 0.3) is 0 Å². The van der Waals surface area contributed by atoms with E-state index in [2.05, 4.69) is 20.8 Å². The molecule has 3 rings (SSSR count). The highest BCUT2D eigenvalue weighted by Gasteiger charge is 2.35. The van der Waals surface area contributed by atoms with Crippen molar-refractivity contribution in [3.8, 4) is 5.75 Å². The van der Waals surface area contributed by atoms with Crippen molar-refractivity contribution < 1.29 is 27.9 Å². The quantitative estimate of drug-likeness (QED) is 0.494. The fourth-order valence-electron chi connectivity index (χ4n) is 2.54. The van der Waals surface area contributed by atoms with Crippen LogP contribution in [0.4, 0.5) is 18.9 Å². The molecule has 0 saturated carbocycles. The van der Waals surface area contributed by atoms with Crippen LogP contribution in [0.25, 0.3) is 0 Å². The number of anilines is 1. The lowest BCUT2D eigenvalue weighted by Crippen LogP contribution is -2.28. The van der Waals surface area contributed by atoms with Crippen LogP contribution < -0.4 is 10.6 Å². The molecule has 11 heteroatoms.